The lowest BCUT2D eigenvalue weighted by Crippen LogP contribution is -1.97. The van der Waals surface area contributed by atoms with Gasteiger partial charge < -0.3 is 9.47 Å². The number of hydrogen-bond acceptors (Lipinski definition) is 3. The van der Waals surface area contributed by atoms with E-state index in [-0.39, 0.29) is 5.82 Å². The fourth-order valence-corrected chi connectivity index (χ4v) is 2.50. The highest BCUT2D eigenvalue weighted by Gasteiger charge is 2.09. The first-order valence-corrected chi connectivity index (χ1v) is 8.24. The Morgan fingerprint density at radius 1 is 1.00 bits per heavy atom. The average molecular weight is 337 g/mol. The number of aryl methyl sites for hydroxylation is 1. The quantitative estimate of drug-likeness (QED) is 0.593. The van der Waals surface area contributed by atoms with E-state index in [0.717, 1.165) is 22.5 Å². The van der Waals surface area contributed by atoms with Crippen LogP contribution in [0.15, 0.2) is 60.7 Å². The minimum absolute atomic E-state index is 0.289. The molecule has 0 fully saturated rings. The second kappa shape index (κ2) is 7.90. The molecule has 0 spiro atoms. The molecule has 0 amide bonds. The number of hydrogen-bond donors (Lipinski definition) is 0. The molecule has 0 saturated carbocycles. The third kappa shape index (κ3) is 4.43. The molecule has 3 rings (SSSR count). The van der Waals surface area contributed by atoms with E-state index < -0.39 is 0 Å². The van der Waals surface area contributed by atoms with Crippen molar-refractivity contribution in [2.45, 2.75) is 20.5 Å². The normalized spacial score (nSPS) is 10.7. The van der Waals surface area contributed by atoms with Crippen LogP contribution in [0.4, 0.5) is 4.39 Å². The van der Waals surface area contributed by atoms with Gasteiger partial charge in [0.05, 0.1) is 12.3 Å². The van der Waals surface area contributed by atoms with Gasteiger partial charge in [0.2, 0.25) is 0 Å². The van der Waals surface area contributed by atoms with Crippen LogP contribution in [-0.2, 0) is 11.3 Å². The molecule has 1 heterocycles. The first-order chi connectivity index (χ1) is 12.2. The summed E-state index contributed by atoms with van der Waals surface area (Å²) in [6.07, 6.45) is 0. The first kappa shape index (κ1) is 17.1. The predicted molar refractivity (Wildman–Crippen MR) is 96.2 cm³/mol. The van der Waals surface area contributed by atoms with Gasteiger partial charge in [-0.1, -0.05) is 6.07 Å². The summed E-state index contributed by atoms with van der Waals surface area (Å²) in [5.41, 5.74) is 3.80. The van der Waals surface area contributed by atoms with Crippen LogP contribution in [0, 0.1) is 12.7 Å². The summed E-state index contributed by atoms with van der Waals surface area (Å²) in [6.45, 7) is 4.97. The minimum atomic E-state index is -0.289. The van der Waals surface area contributed by atoms with E-state index >= 15 is 0 Å². The summed E-state index contributed by atoms with van der Waals surface area (Å²) < 4.78 is 24.5. The van der Waals surface area contributed by atoms with Gasteiger partial charge in [0.25, 0.3) is 0 Å². The van der Waals surface area contributed by atoms with Crippen LogP contribution >= 0.6 is 0 Å². The van der Waals surface area contributed by atoms with Gasteiger partial charge in [0, 0.05) is 23.4 Å². The van der Waals surface area contributed by atoms with Crippen molar-refractivity contribution < 1.29 is 13.9 Å². The summed E-state index contributed by atoms with van der Waals surface area (Å²) in [6, 6.07) is 17.8. The highest BCUT2D eigenvalue weighted by Crippen LogP contribution is 2.30. The lowest BCUT2D eigenvalue weighted by atomic mass is 10.1. The lowest BCUT2D eigenvalue weighted by molar-refractivity contribution is 0.132. The molecule has 2 aromatic carbocycles. The van der Waals surface area contributed by atoms with E-state index in [1.165, 1.54) is 12.1 Å². The number of nitrogens with zero attached hydrogens (tertiary/aromatic N) is 1. The van der Waals surface area contributed by atoms with Crippen molar-refractivity contribution >= 4 is 0 Å². The number of pyridine rings is 1. The van der Waals surface area contributed by atoms with Crippen LogP contribution in [0.1, 0.15) is 18.2 Å². The van der Waals surface area contributed by atoms with Gasteiger partial charge in [-0.2, -0.15) is 0 Å². The molecule has 0 unspecified atom stereocenters. The zero-order valence-corrected chi connectivity index (χ0v) is 14.3. The van der Waals surface area contributed by atoms with Gasteiger partial charge in [-0.15, -0.1) is 0 Å². The van der Waals surface area contributed by atoms with Crippen LogP contribution < -0.4 is 4.74 Å². The number of aromatic nitrogens is 1. The molecule has 4 heteroatoms. The van der Waals surface area contributed by atoms with Gasteiger partial charge >= 0.3 is 0 Å². The largest absolute Gasteiger partial charge is 0.457 e. The molecule has 3 nitrogen and oxygen atoms in total. The van der Waals surface area contributed by atoms with Crippen LogP contribution in [0.25, 0.3) is 11.3 Å². The number of benzene rings is 2. The van der Waals surface area contributed by atoms with Gasteiger partial charge in [-0.25, -0.2) is 4.39 Å². The molecule has 0 aliphatic heterocycles. The third-order valence-corrected chi connectivity index (χ3v) is 3.75. The van der Waals surface area contributed by atoms with E-state index in [1.807, 2.05) is 50.2 Å². The fourth-order valence-electron chi connectivity index (χ4n) is 2.50. The van der Waals surface area contributed by atoms with E-state index in [2.05, 4.69) is 4.98 Å². The van der Waals surface area contributed by atoms with Crippen LogP contribution in [0.3, 0.4) is 0 Å². The zero-order valence-electron chi connectivity index (χ0n) is 14.3. The molecular formula is C21H20FNO2. The summed E-state index contributed by atoms with van der Waals surface area (Å²) in [5.74, 6) is 0.986. The van der Waals surface area contributed by atoms with E-state index in [0.29, 0.717) is 24.7 Å². The van der Waals surface area contributed by atoms with Crippen molar-refractivity contribution in [1.82, 2.24) is 4.98 Å². The van der Waals surface area contributed by atoms with E-state index in [9.17, 15) is 4.39 Å². The van der Waals surface area contributed by atoms with Crippen molar-refractivity contribution in [3.63, 3.8) is 0 Å². The molecule has 128 valence electrons. The molecular weight excluding hydrogens is 317 g/mol. The van der Waals surface area contributed by atoms with E-state index in [4.69, 9.17) is 9.47 Å². The van der Waals surface area contributed by atoms with Crippen molar-refractivity contribution in [2.24, 2.45) is 0 Å². The fraction of sp³-hybridized carbons (Fsp3) is 0.190. The van der Waals surface area contributed by atoms with Crippen molar-refractivity contribution in [3.8, 4) is 22.8 Å². The van der Waals surface area contributed by atoms with Gasteiger partial charge in [0.15, 0.2) is 0 Å². The maximum absolute atomic E-state index is 13.1. The van der Waals surface area contributed by atoms with Crippen LogP contribution in [0.5, 0.6) is 11.5 Å². The molecule has 0 saturated heterocycles. The molecule has 3 aromatic rings. The monoisotopic (exact) mass is 337 g/mol. The Morgan fingerprint density at radius 3 is 2.52 bits per heavy atom. The highest BCUT2D eigenvalue weighted by atomic mass is 19.1. The maximum Gasteiger partial charge on any atom is 0.132 e. The van der Waals surface area contributed by atoms with Gasteiger partial charge in [0.1, 0.15) is 17.3 Å². The predicted octanol–water partition coefficient (Wildman–Crippen LogP) is 5.52. The van der Waals surface area contributed by atoms with Gasteiger partial charge in [-0.05, 0) is 68.4 Å². The Hall–Kier alpha value is -2.72. The molecule has 1 aromatic heterocycles. The SMILES string of the molecule is CCOCc1cc(-c2cccc(C)n2)ccc1Oc1ccc(F)cc1. The third-order valence-electron chi connectivity index (χ3n) is 3.75. The number of halogens is 1. The van der Waals surface area contributed by atoms with Crippen molar-refractivity contribution in [2.75, 3.05) is 6.61 Å². The zero-order chi connectivity index (χ0) is 17.6. The summed E-state index contributed by atoms with van der Waals surface area (Å²) in [5, 5.41) is 0. The average Bonchev–Trinajstić information content (AvgIpc) is 2.62. The Morgan fingerprint density at radius 2 is 1.80 bits per heavy atom. The van der Waals surface area contributed by atoms with Crippen LogP contribution in [-0.4, -0.2) is 11.6 Å². The number of ether oxygens (including phenoxy) is 2. The number of rotatable bonds is 6. The maximum atomic E-state index is 13.1. The van der Waals surface area contributed by atoms with E-state index in [1.54, 1.807) is 12.1 Å². The Labute approximate surface area is 147 Å². The highest BCUT2D eigenvalue weighted by molar-refractivity contribution is 5.62. The summed E-state index contributed by atoms with van der Waals surface area (Å²) >= 11 is 0. The molecule has 25 heavy (non-hydrogen) atoms. The standard InChI is InChI=1S/C21H20FNO2/c1-3-24-14-17-13-16(20-6-4-5-15(2)23-20)7-12-21(17)25-19-10-8-18(22)9-11-19/h4-13H,3,14H2,1-2H3. The molecule has 0 bridgehead atoms. The second-order valence-electron chi connectivity index (χ2n) is 5.68. The molecule has 0 N–H and O–H groups in total. The van der Waals surface area contributed by atoms with Crippen molar-refractivity contribution in [1.29, 1.82) is 0 Å². The molecule has 0 aliphatic rings. The minimum Gasteiger partial charge on any atom is -0.457 e. The Kier molecular flexibility index (Phi) is 5.41. The topological polar surface area (TPSA) is 31.4 Å². The Bertz CT molecular complexity index is 847. The second-order valence-corrected chi connectivity index (χ2v) is 5.68. The van der Waals surface area contributed by atoms with Crippen LogP contribution in [0.2, 0.25) is 0 Å². The van der Waals surface area contributed by atoms with Crippen molar-refractivity contribution in [3.05, 3.63) is 77.7 Å². The molecule has 0 radical (unpaired) electrons. The summed E-state index contributed by atoms with van der Waals surface area (Å²) in [7, 11) is 0. The molecule has 0 atom stereocenters. The Balaban J connectivity index is 1.93. The first-order valence-electron chi connectivity index (χ1n) is 8.24. The van der Waals surface area contributed by atoms with Gasteiger partial charge in [-0.3, -0.25) is 4.98 Å². The lowest BCUT2D eigenvalue weighted by Gasteiger charge is -2.13. The smallest absolute Gasteiger partial charge is 0.132 e. The summed E-state index contributed by atoms with van der Waals surface area (Å²) in [4.78, 5) is 4.56. The molecule has 0 aliphatic carbocycles.